The third kappa shape index (κ3) is 1.16. The van der Waals surface area contributed by atoms with E-state index in [9.17, 15) is 0 Å². The molecule has 4 rings (SSSR count). The Balaban J connectivity index is 1.68. The van der Waals surface area contributed by atoms with Crippen molar-refractivity contribution < 1.29 is 4.74 Å². The lowest BCUT2D eigenvalue weighted by atomic mass is 9.81. The molecule has 4 atom stereocenters. The zero-order chi connectivity index (χ0) is 9.92. The minimum atomic E-state index is 0.0851. The number of hydrogen-bond donors (Lipinski definition) is 1. The van der Waals surface area contributed by atoms with Crippen LogP contribution in [0, 0.1) is 5.92 Å². The number of rotatable bonds is 1. The molecule has 2 bridgehead atoms. The Hall–Kier alpha value is -0.120. The van der Waals surface area contributed by atoms with Crippen molar-refractivity contribution in [2.45, 2.75) is 50.4 Å². The van der Waals surface area contributed by atoms with Gasteiger partial charge in [-0.25, -0.2) is 0 Å². The average Bonchev–Trinajstić information content (AvgIpc) is 2.74. The van der Waals surface area contributed by atoms with Crippen LogP contribution in [0.15, 0.2) is 0 Å². The van der Waals surface area contributed by atoms with Gasteiger partial charge in [0.05, 0.1) is 12.2 Å². The first-order chi connectivity index (χ1) is 6.57. The second kappa shape index (κ2) is 2.71. The van der Waals surface area contributed by atoms with E-state index in [0.717, 1.165) is 12.5 Å². The van der Waals surface area contributed by atoms with Crippen LogP contribution in [0.3, 0.4) is 0 Å². The van der Waals surface area contributed by atoms with Crippen molar-refractivity contribution in [1.29, 1.82) is 0 Å². The number of nitrogens with zero attached hydrogens (tertiary/aromatic N) is 1. The van der Waals surface area contributed by atoms with Gasteiger partial charge in [-0.05, 0) is 32.6 Å². The Morgan fingerprint density at radius 1 is 1.43 bits per heavy atom. The van der Waals surface area contributed by atoms with Gasteiger partial charge < -0.3 is 10.5 Å². The second-order valence-corrected chi connectivity index (χ2v) is 5.77. The first-order valence-corrected chi connectivity index (χ1v) is 5.72. The predicted octanol–water partition coefficient (Wildman–Crippen LogP) is 0.585. The molecule has 3 heteroatoms. The highest BCUT2D eigenvalue weighted by molar-refractivity contribution is 5.10. The largest absolute Gasteiger partial charge is 0.374 e. The summed E-state index contributed by atoms with van der Waals surface area (Å²) in [5.74, 6) is 0.781. The summed E-state index contributed by atoms with van der Waals surface area (Å²) in [7, 11) is 0. The van der Waals surface area contributed by atoms with Gasteiger partial charge in [0.25, 0.3) is 0 Å². The maximum atomic E-state index is 6.07. The molecule has 0 spiro atoms. The Labute approximate surface area is 85.6 Å². The Morgan fingerprint density at radius 3 is 2.64 bits per heavy atom. The summed E-state index contributed by atoms with van der Waals surface area (Å²) >= 11 is 0. The highest BCUT2D eigenvalue weighted by atomic mass is 16.5. The first-order valence-electron chi connectivity index (χ1n) is 5.72. The molecule has 14 heavy (non-hydrogen) atoms. The molecule has 3 nitrogen and oxygen atoms in total. The highest BCUT2D eigenvalue weighted by Crippen LogP contribution is 2.43. The fraction of sp³-hybridized carbons (Fsp3) is 1.00. The van der Waals surface area contributed by atoms with E-state index in [1.54, 1.807) is 0 Å². The van der Waals surface area contributed by atoms with Crippen LogP contribution in [0.2, 0.25) is 0 Å². The third-order valence-corrected chi connectivity index (χ3v) is 4.27. The lowest BCUT2D eigenvalue weighted by Gasteiger charge is -2.35. The van der Waals surface area contributed by atoms with Gasteiger partial charge in [0.15, 0.2) is 0 Å². The number of nitrogens with two attached hydrogens (primary N) is 1. The molecule has 80 valence electrons. The van der Waals surface area contributed by atoms with Gasteiger partial charge in [-0.15, -0.1) is 0 Å². The van der Waals surface area contributed by atoms with Gasteiger partial charge in [-0.1, -0.05) is 0 Å². The molecule has 0 aromatic carbocycles. The lowest BCUT2D eigenvalue weighted by molar-refractivity contribution is 0.0325. The first kappa shape index (κ1) is 9.13. The zero-order valence-electron chi connectivity index (χ0n) is 9.07. The molecule has 3 aliphatic heterocycles. The van der Waals surface area contributed by atoms with E-state index in [0.29, 0.717) is 18.1 Å². The Bertz CT molecular complexity index is 254. The number of fused-ring (bicyclic) bond motifs is 1. The zero-order valence-corrected chi connectivity index (χ0v) is 9.07. The molecule has 4 fully saturated rings. The molecule has 3 heterocycles. The summed E-state index contributed by atoms with van der Waals surface area (Å²) in [5, 5.41) is 0. The summed E-state index contributed by atoms with van der Waals surface area (Å²) < 4.78 is 5.78. The van der Waals surface area contributed by atoms with E-state index in [4.69, 9.17) is 10.5 Å². The molecule has 0 amide bonds. The average molecular weight is 196 g/mol. The summed E-state index contributed by atoms with van der Waals surface area (Å²) in [6, 6.07) is 1.76. The smallest absolute Gasteiger partial charge is 0.0643 e. The van der Waals surface area contributed by atoms with E-state index in [-0.39, 0.29) is 5.60 Å². The molecule has 1 saturated carbocycles. The van der Waals surface area contributed by atoms with Crippen molar-refractivity contribution in [2.75, 3.05) is 13.2 Å². The lowest BCUT2D eigenvalue weighted by Crippen LogP contribution is -2.51. The fourth-order valence-electron chi connectivity index (χ4n) is 3.34. The third-order valence-electron chi connectivity index (χ3n) is 4.27. The molecule has 3 saturated heterocycles. The van der Waals surface area contributed by atoms with Gasteiger partial charge in [-0.2, -0.15) is 0 Å². The summed E-state index contributed by atoms with van der Waals surface area (Å²) in [5.41, 5.74) is 6.16. The molecule has 4 unspecified atom stereocenters. The Kier molecular flexibility index (Phi) is 1.77. The number of hydrogen-bond acceptors (Lipinski definition) is 3. The Morgan fingerprint density at radius 2 is 2.21 bits per heavy atom. The molecule has 4 aliphatic rings. The highest BCUT2D eigenvalue weighted by Gasteiger charge is 2.53. The van der Waals surface area contributed by atoms with Crippen LogP contribution < -0.4 is 5.73 Å². The molecular formula is C11H20N2O. The summed E-state index contributed by atoms with van der Waals surface area (Å²) in [6.45, 7) is 6.50. The SMILES string of the molecule is CC1(C)CC(N2CC3CC2C3N)CO1. The van der Waals surface area contributed by atoms with E-state index in [2.05, 4.69) is 18.7 Å². The number of ether oxygens (including phenoxy) is 1. The summed E-state index contributed by atoms with van der Waals surface area (Å²) in [4.78, 5) is 2.60. The van der Waals surface area contributed by atoms with Crippen LogP contribution >= 0.6 is 0 Å². The molecule has 2 N–H and O–H groups in total. The maximum absolute atomic E-state index is 6.07. The minimum absolute atomic E-state index is 0.0851. The molecule has 0 radical (unpaired) electrons. The van der Waals surface area contributed by atoms with Crippen molar-refractivity contribution in [3.05, 3.63) is 0 Å². The van der Waals surface area contributed by atoms with Gasteiger partial charge in [-0.3, -0.25) is 4.90 Å². The van der Waals surface area contributed by atoms with Crippen LogP contribution in [0.4, 0.5) is 0 Å². The summed E-state index contributed by atoms with van der Waals surface area (Å²) in [6.07, 6.45) is 2.50. The minimum Gasteiger partial charge on any atom is -0.374 e. The quantitative estimate of drug-likeness (QED) is 0.667. The van der Waals surface area contributed by atoms with E-state index >= 15 is 0 Å². The maximum Gasteiger partial charge on any atom is 0.0643 e. The molecule has 1 aliphatic carbocycles. The van der Waals surface area contributed by atoms with Crippen LogP contribution in [-0.4, -0.2) is 41.8 Å². The van der Waals surface area contributed by atoms with Crippen LogP contribution in [0.1, 0.15) is 26.7 Å². The second-order valence-electron chi connectivity index (χ2n) is 5.77. The van der Waals surface area contributed by atoms with Crippen LogP contribution in [-0.2, 0) is 4.74 Å². The standard InChI is InChI=1S/C11H20N2O/c1-11(2)4-8(6-14-11)13-5-7-3-9(13)10(7)12/h7-10H,3-6,12H2,1-2H3. The van der Waals surface area contributed by atoms with E-state index in [1.165, 1.54) is 19.4 Å². The van der Waals surface area contributed by atoms with Gasteiger partial charge in [0, 0.05) is 24.7 Å². The van der Waals surface area contributed by atoms with Crippen molar-refractivity contribution in [3.8, 4) is 0 Å². The van der Waals surface area contributed by atoms with E-state index < -0.39 is 0 Å². The van der Waals surface area contributed by atoms with Crippen molar-refractivity contribution in [1.82, 2.24) is 4.90 Å². The fourth-order valence-corrected chi connectivity index (χ4v) is 3.34. The molecule has 0 aromatic heterocycles. The van der Waals surface area contributed by atoms with Crippen molar-refractivity contribution in [3.63, 3.8) is 0 Å². The van der Waals surface area contributed by atoms with E-state index in [1.807, 2.05) is 0 Å². The molecule has 0 aromatic rings. The van der Waals surface area contributed by atoms with Crippen molar-refractivity contribution >= 4 is 0 Å². The predicted molar refractivity (Wildman–Crippen MR) is 55.0 cm³/mol. The topological polar surface area (TPSA) is 38.5 Å². The van der Waals surface area contributed by atoms with Gasteiger partial charge in [0.1, 0.15) is 0 Å². The normalized spacial score (nSPS) is 50.8. The van der Waals surface area contributed by atoms with Gasteiger partial charge in [0.2, 0.25) is 0 Å². The monoisotopic (exact) mass is 196 g/mol. The van der Waals surface area contributed by atoms with Crippen LogP contribution in [0.25, 0.3) is 0 Å². The van der Waals surface area contributed by atoms with Crippen LogP contribution in [0.5, 0.6) is 0 Å². The van der Waals surface area contributed by atoms with Crippen molar-refractivity contribution in [2.24, 2.45) is 11.7 Å². The van der Waals surface area contributed by atoms with Gasteiger partial charge >= 0.3 is 0 Å². The molecular weight excluding hydrogens is 176 g/mol.